The lowest BCUT2D eigenvalue weighted by Gasteiger charge is -2.24. The Morgan fingerprint density at radius 3 is 2.31 bits per heavy atom. The fourth-order valence-corrected chi connectivity index (χ4v) is 4.78. The van der Waals surface area contributed by atoms with Crippen LogP contribution in [0.15, 0.2) is 76.1 Å². The van der Waals surface area contributed by atoms with Crippen LogP contribution in [0, 0.1) is 6.92 Å². The number of benzene rings is 3. The number of anilines is 2. The zero-order valence-electron chi connectivity index (χ0n) is 17.5. The lowest BCUT2D eigenvalue weighted by molar-refractivity contribution is -0.114. The van der Waals surface area contributed by atoms with E-state index in [1.165, 1.54) is 12.1 Å². The third kappa shape index (κ3) is 5.82. The molecule has 0 aliphatic rings. The molecule has 0 saturated heterocycles. The average Bonchev–Trinajstić information content (AvgIpc) is 2.76. The summed E-state index contributed by atoms with van der Waals surface area (Å²) >= 11 is 9.38. The highest BCUT2D eigenvalue weighted by atomic mass is 79.9. The van der Waals surface area contributed by atoms with Gasteiger partial charge in [0.15, 0.2) is 0 Å². The van der Waals surface area contributed by atoms with E-state index in [1.807, 2.05) is 13.8 Å². The summed E-state index contributed by atoms with van der Waals surface area (Å²) < 4.78 is 34.1. The van der Waals surface area contributed by atoms with Crippen LogP contribution in [0.2, 0.25) is 5.02 Å². The maximum Gasteiger partial charge on any atom is 0.264 e. The average molecular weight is 538 g/mol. The molecule has 0 bridgehead atoms. The number of sulfonamides is 1. The van der Waals surface area contributed by atoms with E-state index in [9.17, 15) is 13.2 Å². The Kier molecular flexibility index (Phi) is 7.82. The maximum atomic E-state index is 13.5. The molecule has 0 aliphatic heterocycles. The summed E-state index contributed by atoms with van der Waals surface area (Å²) in [5, 5.41) is 3.13. The molecule has 1 amide bonds. The molecule has 1 N–H and O–H groups in total. The normalized spacial score (nSPS) is 11.1. The van der Waals surface area contributed by atoms with Gasteiger partial charge in [-0.3, -0.25) is 9.10 Å². The summed E-state index contributed by atoms with van der Waals surface area (Å²) in [6.45, 7) is 3.81. The molecule has 3 rings (SSSR count). The van der Waals surface area contributed by atoms with E-state index < -0.39 is 22.5 Å². The van der Waals surface area contributed by atoms with Gasteiger partial charge in [-0.1, -0.05) is 29.3 Å². The molecule has 0 heterocycles. The van der Waals surface area contributed by atoms with Gasteiger partial charge in [0.05, 0.1) is 22.2 Å². The first-order valence-electron chi connectivity index (χ1n) is 9.78. The zero-order valence-corrected chi connectivity index (χ0v) is 20.7. The van der Waals surface area contributed by atoms with Gasteiger partial charge >= 0.3 is 0 Å². The van der Waals surface area contributed by atoms with E-state index in [-0.39, 0.29) is 4.90 Å². The molecule has 32 heavy (non-hydrogen) atoms. The smallest absolute Gasteiger partial charge is 0.264 e. The van der Waals surface area contributed by atoms with Gasteiger partial charge in [-0.2, -0.15) is 0 Å². The molecule has 0 fully saturated rings. The first-order valence-corrected chi connectivity index (χ1v) is 12.4. The molecule has 168 valence electrons. The lowest BCUT2D eigenvalue weighted by Crippen LogP contribution is -2.38. The highest BCUT2D eigenvalue weighted by molar-refractivity contribution is 9.10. The van der Waals surface area contributed by atoms with Crippen molar-refractivity contribution in [3.63, 3.8) is 0 Å². The van der Waals surface area contributed by atoms with Crippen LogP contribution in [-0.2, 0) is 14.8 Å². The van der Waals surface area contributed by atoms with Crippen molar-refractivity contribution in [1.82, 2.24) is 0 Å². The van der Waals surface area contributed by atoms with Gasteiger partial charge in [-0.05, 0) is 84.4 Å². The minimum absolute atomic E-state index is 0.0565. The van der Waals surface area contributed by atoms with Crippen LogP contribution in [0.3, 0.4) is 0 Å². The van der Waals surface area contributed by atoms with E-state index in [1.54, 1.807) is 54.6 Å². The second kappa shape index (κ2) is 10.4. The van der Waals surface area contributed by atoms with Crippen LogP contribution in [0.5, 0.6) is 5.75 Å². The van der Waals surface area contributed by atoms with Gasteiger partial charge < -0.3 is 10.1 Å². The Bertz CT molecular complexity index is 1200. The lowest BCUT2D eigenvalue weighted by atomic mass is 10.2. The van der Waals surface area contributed by atoms with Crippen molar-refractivity contribution in [2.75, 3.05) is 22.8 Å². The molecular formula is C23H22BrClN2O4S. The Labute approximate surface area is 201 Å². The highest BCUT2D eigenvalue weighted by Gasteiger charge is 2.27. The molecular weight excluding hydrogens is 516 g/mol. The Balaban J connectivity index is 1.91. The van der Waals surface area contributed by atoms with Gasteiger partial charge in [0.25, 0.3) is 10.0 Å². The first kappa shape index (κ1) is 24.1. The van der Waals surface area contributed by atoms with E-state index in [0.717, 1.165) is 9.87 Å². The summed E-state index contributed by atoms with van der Waals surface area (Å²) in [6.07, 6.45) is 0. The number of rotatable bonds is 8. The minimum Gasteiger partial charge on any atom is -0.494 e. The van der Waals surface area contributed by atoms with Gasteiger partial charge in [-0.25, -0.2) is 8.42 Å². The molecule has 9 heteroatoms. The summed E-state index contributed by atoms with van der Waals surface area (Å²) in [5.74, 6) is 0.0664. The Hall–Kier alpha value is -2.55. The molecule has 6 nitrogen and oxygen atoms in total. The van der Waals surface area contributed by atoms with Gasteiger partial charge in [-0.15, -0.1) is 0 Å². The molecule has 3 aromatic carbocycles. The SMILES string of the molecule is CCOc1ccc(S(=O)(=O)N(CC(=O)Nc2ccc(Br)c(Cl)c2)c2ccc(C)cc2)cc1. The summed E-state index contributed by atoms with van der Waals surface area (Å²) in [5.41, 5.74) is 1.82. The van der Waals surface area contributed by atoms with Crippen LogP contribution in [0.1, 0.15) is 12.5 Å². The number of aryl methyl sites for hydroxylation is 1. The zero-order chi connectivity index (χ0) is 23.3. The van der Waals surface area contributed by atoms with Crippen molar-refractivity contribution in [1.29, 1.82) is 0 Å². The van der Waals surface area contributed by atoms with Crippen molar-refractivity contribution in [2.45, 2.75) is 18.7 Å². The fourth-order valence-electron chi connectivity index (χ4n) is 2.93. The molecule has 0 radical (unpaired) electrons. The predicted octanol–water partition coefficient (Wildman–Crippen LogP) is 5.64. The van der Waals surface area contributed by atoms with E-state index >= 15 is 0 Å². The Morgan fingerprint density at radius 1 is 1.06 bits per heavy atom. The number of hydrogen-bond donors (Lipinski definition) is 1. The Morgan fingerprint density at radius 2 is 1.72 bits per heavy atom. The van der Waals surface area contributed by atoms with E-state index in [4.69, 9.17) is 16.3 Å². The molecule has 0 atom stereocenters. The fraction of sp³-hybridized carbons (Fsp3) is 0.174. The van der Waals surface area contributed by atoms with Crippen molar-refractivity contribution in [2.24, 2.45) is 0 Å². The van der Waals surface area contributed by atoms with E-state index in [0.29, 0.717) is 33.2 Å². The number of amides is 1. The van der Waals surface area contributed by atoms with Crippen LogP contribution in [0.25, 0.3) is 0 Å². The largest absolute Gasteiger partial charge is 0.494 e. The molecule has 3 aromatic rings. The van der Waals surface area contributed by atoms with E-state index in [2.05, 4.69) is 21.2 Å². The standard InChI is InChI=1S/C23H22BrClN2O4S/c1-3-31-19-9-11-20(12-10-19)32(29,30)27(18-7-4-16(2)5-8-18)15-23(28)26-17-6-13-21(24)22(25)14-17/h4-14H,3,15H2,1-2H3,(H,26,28). The van der Waals surface area contributed by atoms with Crippen LogP contribution < -0.4 is 14.4 Å². The number of hydrogen-bond acceptors (Lipinski definition) is 4. The molecule has 0 aromatic heterocycles. The number of nitrogens with one attached hydrogen (secondary N) is 1. The molecule has 0 aliphatic carbocycles. The van der Waals surface area contributed by atoms with Crippen molar-refractivity contribution in [3.05, 3.63) is 81.8 Å². The molecule has 0 spiro atoms. The number of carbonyl (C=O) groups is 1. The van der Waals surface area contributed by atoms with Crippen LogP contribution >= 0.6 is 27.5 Å². The van der Waals surface area contributed by atoms with Crippen LogP contribution in [0.4, 0.5) is 11.4 Å². The predicted molar refractivity (Wildman–Crippen MR) is 131 cm³/mol. The summed E-state index contributed by atoms with van der Waals surface area (Å²) in [7, 11) is -4.02. The number of nitrogens with zero attached hydrogens (tertiary/aromatic N) is 1. The monoisotopic (exact) mass is 536 g/mol. The second-order valence-corrected chi connectivity index (χ2v) is 10.1. The van der Waals surface area contributed by atoms with Crippen molar-refractivity contribution in [3.8, 4) is 5.75 Å². The minimum atomic E-state index is -4.02. The van der Waals surface area contributed by atoms with Gasteiger partial charge in [0.1, 0.15) is 12.3 Å². The second-order valence-electron chi connectivity index (χ2n) is 6.93. The number of carbonyl (C=O) groups excluding carboxylic acids is 1. The first-order chi connectivity index (χ1) is 15.2. The van der Waals surface area contributed by atoms with Crippen molar-refractivity contribution < 1.29 is 17.9 Å². The molecule has 0 saturated carbocycles. The maximum absolute atomic E-state index is 13.5. The summed E-state index contributed by atoms with van der Waals surface area (Å²) in [6, 6.07) is 18.0. The summed E-state index contributed by atoms with van der Waals surface area (Å²) in [4.78, 5) is 12.8. The van der Waals surface area contributed by atoms with Crippen molar-refractivity contribution >= 4 is 54.8 Å². The van der Waals surface area contributed by atoms with Gasteiger partial charge in [0.2, 0.25) is 5.91 Å². The van der Waals surface area contributed by atoms with Crippen LogP contribution in [-0.4, -0.2) is 27.5 Å². The topological polar surface area (TPSA) is 75.7 Å². The third-order valence-electron chi connectivity index (χ3n) is 4.54. The number of halogens is 2. The highest BCUT2D eigenvalue weighted by Crippen LogP contribution is 2.27. The molecule has 0 unspecified atom stereocenters. The van der Waals surface area contributed by atoms with Gasteiger partial charge in [0, 0.05) is 10.2 Å². The third-order valence-corrected chi connectivity index (χ3v) is 7.56. The quantitative estimate of drug-likeness (QED) is 0.403. The number of ether oxygens (including phenoxy) is 1.